The number of rotatable bonds is 2. The highest BCUT2D eigenvalue weighted by Gasteiger charge is 2.11. The van der Waals surface area contributed by atoms with E-state index in [4.69, 9.17) is 5.73 Å². The van der Waals surface area contributed by atoms with Crippen LogP contribution in [0.4, 0.5) is 5.82 Å². The Hall–Kier alpha value is -1.91. The molecule has 0 radical (unpaired) electrons. The zero-order valence-corrected chi connectivity index (χ0v) is 8.81. The van der Waals surface area contributed by atoms with E-state index in [-0.39, 0.29) is 0 Å². The summed E-state index contributed by atoms with van der Waals surface area (Å²) in [5, 5.41) is 4.30. The Morgan fingerprint density at radius 3 is 2.80 bits per heavy atom. The van der Waals surface area contributed by atoms with Crippen LogP contribution in [0.3, 0.4) is 0 Å². The molecule has 2 aromatic heterocycles. The molecule has 5 heteroatoms. The zero-order valence-electron chi connectivity index (χ0n) is 8.81. The molecule has 0 aromatic carbocycles. The molecule has 2 rings (SSSR count). The standard InChI is InChI=1S/C10H13N5/c1-3-7-9(12-6-13-10(7)11)8-4-5-15(2)14-8/h4-6H,3H2,1-2H3,(H2,11,12,13). The van der Waals surface area contributed by atoms with Crippen molar-refractivity contribution in [3.05, 3.63) is 24.2 Å². The highest BCUT2D eigenvalue weighted by molar-refractivity contribution is 5.63. The molecule has 0 bridgehead atoms. The number of hydrogen-bond donors (Lipinski definition) is 1. The fourth-order valence-corrected chi connectivity index (χ4v) is 1.54. The minimum Gasteiger partial charge on any atom is -0.383 e. The van der Waals surface area contributed by atoms with Crippen LogP contribution in [0.15, 0.2) is 18.6 Å². The largest absolute Gasteiger partial charge is 0.383 e. The number of nitrogens with two attached hydrogens (primary N) is 1. The summed E-state index contributed by atoms with van der Waals surface area (Å²) in [4.78, 5) is 8.20. The van der Waals surface area contributed by atoms with Crippen LogP contribution < -0.4 is 5.73 Å². The van der Waals surface area contributed by atoms with E-state index in [1.807, 2.05) is 26.2 Å². The summed E-state index contributed by atoms with van der Waals surface area (Å²) in [6.45, 7) is 2.03. The maximum Gasteiger partial charge on any atom is 0.130 e. The fourth-order valence-electron chi connectivity index (χ4n) is 1.54. The van der Waals surface area contributed by atoms with Crippen molar-refractivity contribution in [2.24, 2.45) is 7.05 Å². The van der Waals surface area contributed by atoms with Crippen molar-refractivity contribution in [3.63, 3.8) is 0 Å². The minimum absolute atomic E-state index is 0.535. The van der Waals surface area contributed by atoms with Gasteiger partial charge in [-0.1, -0.05) is 6.92 Å². The normalized spacial score (nSPS) is 10.5. The fraction of sp³-hybridized carbons (Fsp3) is 0.300. The molecule has 0 atom stereocenters. The molecule has 0 aliphatic heterocycles. The molecule has 0 unspecified atom stereocenters. The smallest absolute Gasteiger partial charge is 0.130 e. The summed E-state index contributed by atoms with van der Waals surface area (Å²) < 4.78 is 1.74. The van der Waals surface area contributed by atoms with Crippen LogP contribution in [0.5, 0.6) is 0 Å². The Morgan fingerprint density at radius 1 is 1.40 bits per heavy atom. The van der Waals surface area contributed by atoms with Gasteiger partial charge in [-0.15, -0.1) is 0 Å². The maximum absolute atomic E-state index is 5.79. The number of aryl methyl sites for hydroxylation is 1. The van der Waals surface area contributed by atoms with Crippen LogP contribution in [0.25, 0.3) is 11.4 Å². The monoisotopic (exact) mass is 203 g/mol. The molecule has 0 saturated heterocycles. The Balaban J connectivity index is 2.57. The summed E-state index contributed by atoms with van der Waals surface area (Å²) in [5.41, 5.74) is 8.41. The highest BCUT2D eigenvalue weighted by atomic mass is 15.2. The maximum atomic E-state index is 5.79. The molecule has 78 valence electrons. The molecular weight excluding hydrogens is 190 g/mol. The summed E-state index contributed by atoms with van der Waals surface area (Å²) in [5.74, 6) is 0.535. The molecule has 0 aliphatic rings. The predicted molar refractivity (Wildman–Crippen MR) is 58.0 cm³/mol. The van der Waals surface area contributed by atoms with Crippen molar-refractivity contribution in [3.8, 4) is 11.4 Å². The lowest BCUT2D eigenvalue weighted by Gasteiger charge is -2.05. The third kappa shape index (κ3) is 1.68. The second-order valence-corrected chi connectivity index (χ2v) is 3.31. The van der Waals surface area contributed by atoms with Crippen molar-refractivity contribution in [1.82, 2.24) is 19.7 Å². The molecule has 15 heavy (non-hydrogen) atoms. The second kappa shape index (κ2) is 3.68. The lowest BCUT2D eigenvalue weighted by molar-refractivity contribution is 0.769. The molecular formula is C10H13N5. The Morgan fingerprint density at radius 2 is 2.20 bits per heavy atom. The van der Waals surface area contributed by atoms with E-state index in [2.05, 4.69) is 15.1 Å². The van der Waals surface area contributed by atoms with Crippen LogP contribution in [0.1, 0.15) is 12.5 Å². The van der Waals surface area contributed by atoms with E-state index < -0.39 is 0 Å². The number of nitrogens with zero attached hydrogens (tertiary/aromatic N) is 4. The van der Waals surface area contributed by atoms with E-state index in [1.165, 1.54) is 6.33 Å². The molecule has 0 aliphatic carbocycles. The second-order valence-electron chi connectivity index (χ2n) is 3.31. The van der Waals surface area contributed by atoms with Gasteiger partial charge in [-0.3, -0.25) is 4.68 Å². The summed E-state index contributed by atoms with van der Waals surface area (Å²) >= 11 is 0. The van der Waals surface area contributed by atoms with Crippen LogP contribution in [-0.4, -0.2) is 19.7 Å². The molecule has 5 nitrogen and oxygen atoms in total. The van der Waals surface area contributed by atoms with Gasteiger partial charge in [0.05, 0.1) is 5.69 Å². The van der Waals surface area contributed by atoms with Gasteiger partial charge in [0.15, 0.2) is 0 Å². The van der Waals surface area contributed by atoms with Crippen molar-refractivity contribution in [2.45, 2.75) is 13.3 Å². The van der Waals surface area contributed by atoms with Crippen molar-refractivity contribution < 1.29 is 0 Å². The quantitative estimate of drug-likeness (QED) is 0.791. The first kappa shape index (κ1) is 9.64. The first-order valence-electron chi connectivity index (χ1n) is 4.81. The molecule has 0 saturated carbocycles. The SMILES string of the molecule is CCc1c(N)ncnc1-c1ccn(C)n1. The topological polar surface area (TPSA) is 69.6 Å². The Kier molecular flexibility index (Phi) is 2.37. The summed E-state index contributed by atoms with van der Waals surface area (Å²) in [6, 6.07) is 1.92. The number of aromatic nitrogens is 4. The van der Waals surface area contributed by atoms with Crippen LogP contribution in [0, 0.1) is 0 Å². The molecule has 2 aromatic rings. The van der Waals surface area contributed by atoms with Crippen LogP contribution in [-0.2, 0) is 13.5 Å². The molecule has 0 fully saturated rings. The van der Waals surface area contributed by atoms with E-state index in [0.717, 1.165) is 23.4 Å². The number of nitrogen functional groups attached to an aromatic ring is 1. The van der Waals surface area contributed by atoms with Gasteiger partial charge in [0, 0.05) is 18.8 Å². The predicted octanol–water partition coefficient (Wildman–Crippen LogP) is 1.02. The average Bonchev–Trinajstić information content (AvgIpc) is 2.64. The van der Waals surface area contributed by atoms with Gasteiger partial charge in [0.1, 0.15) is 17.8 Å². The van der Waals surface area contributed by atoms with Crippen LogP contribution >= 0.6 is 0 Å². The molecule has 0 amide bonds. The van der Waals surface area contributed by atoms with Gasteiger partial charge in [-0.05, 0) is 12.5 Å². The van der Waals surface area contributed by atoms with Gasteiger partial charge in [-0.25, -0.2) is 9.97 Å². The first-order valence-corrected chi connectivity index (χ1v) is 4.81. The van der Waals surface area contributed by atoms with Gasteiger partial charge >= 0.3 is 0 Å². The summed E-state index contributed by atoms with van der Waals surface area (Å²) in [6.07, 6.45) is 4.16. The van der Waals surface area contributed by atoms with Crippen molar-refractivity contribution in [1.29, 1.82) is 0 Å². The van der Waals surface area contributed by atoms with Gasteiger partial charge in [0.2, 0.25) is 0 Å². The van der Waals surface area contributed by atoms with Gasteiger partial charge in [0.25, 0.3) is 0 Å². The molecule has 0 spiro atoms. The molecule has 2 N–H and O–H groups in total. The highest BCUT2D eigenvalue weighted by Crippen LogP contribution is 2.22. The van der Waals surface area contributed by atoms with Gasteiger partial charge < -0.3 is 5.73 Å². The third-order valence-corrected chi connectivity index (χ3v) is 2.29. The summed E-state index contributed by atoms with van der Waals surface area (Å²) in [7, 11) is 1.87. The van der Waals surface area contributed by atoms with E-state index >= 15 is 0 Å². The van der Waals surface area contributed by atoms with Gasteiger partial charge in [-0.2, -0.15) is 5.10 Å². The van der Waals surface area contributed by atoms with Crippen molar-refractivity contribution >= 4 is 5.82 Å². The number of anilines is 1. The average molecular weight is 203 g/mol. The zero-order chi connectivity index (χ0) is 10.8. The minimum atomic E-state index is 0.535. The molecule has 2 heterocycles. The van der Waals surface area contributed by atoms with E-state index in [9.17, 15) is 0 Å². The lowest BCUT2D eigenvalue weighted by atomic mass is 10.1. The van der Waals surface area contributed by atoms with E-state index in [1.54, 1.807) is 4.68 Å². The Bertz CT molecular complexity index is 474. The van der Waals surface area contributed by atoms with Crippen LogP contribution in [0.2, 0.25) is 0 Å². The third-order valence-electron chi connectivity index (χ3n) is 2.29. The van der Waals surface area contributed by atoms with E-state index in [0.29, 0.717) is 5.82 Å². The number of hydrogen-bond acceptors (Lipinski definition) is 4. The lowest BCUT2D eigenvalue weighted by Crippen LogP contribution is -2.02. The van der Waals surface area contributed by atoms with Crippen molar-refractivity contribution in [2.75, 3.05) is 5.73 Å². The first-order chi connectivity index (χ1) is 7.22. The Labute approximate surface area is 88.0 Å².